The predicted octanol–water partition coefficient (Wildman–Crippen LogP) is 3.10. The van der Waals surface area contributed by atoms with Gasteiger partial charge in [-0.2, -0.15) is 0 Å². The monoisotopic (exact) mass is 274 g/mol. The Morgan fingerprint density at radius 2 is 1.76 bits per heavy atom. The molecular weight excluding hydrogens is 260 g/mol. The first-order chi connectivity index (χ1) is 10.3. The smallest absolute Gasteiger partial charge is 0.249 e. The number of nitrogens with zero attached hydrogens (tertiary/aromatic N) is 1. The number of benzene rings is 2. The van der Waals surface area contributed by atoms with Gasteiger partial charge in [0.25, 0.3) is 0 Å². The number of aryl methyl sites for hydroxylation is 1. The van der Waals surface area contributed by atoms with Crippen LogP contribution in [0.4, 0.5) is 0 Å². The molecule has 3 nitrogen and oxygen atoms in total. The average Bonchev–Trinajstić information content (AvgIpc) is 2.52. The normalized spacial score (nSPS) is 12.8. The summed E-state index contributed by atoms with van der Waals surface area (Å²) in [5.41, 5.74) is 11.4. The molecule has 0 atom stereocenters. The molecule has 1 amide bonds. The van der Waals surface area contributed by atoms with E-state index in [0.717, 1.165) is 40.6 Å². The fourth-order valence-electron chi connectivity index (χ4n) is 3.23. The van der Waals surface area contributed by atoms with E-state index in [1.54, 1.807) is 0 Å². The van der Waals surface area contributed by atoms with E-state index < -0.39 is 0 Å². The molecule has 1 aliphatic carbocycles. The highest BCUT2D eigenvalue weighted by Crippen LogP contribution is 2.36. The van der Waals surface area contributed by atoms with Crippen LogP contribution in [0.5, 0.6) is 0 Å². The summed E-state index contributed by atoms with van der Waals surface area (Å²) in [6.07, 6.45) is 1.73. The average molecular weight is 274 g/mol. The fraction of sp³-hybridized carbons (Fsp3) is 0.111. The first-order valence-corrected chi connectivity index (χ1v) is 7.05. The van der Waals surface area contributed by atoms with E-state index in [-0.39, 0.29) is 5.91 Å². The summed E-state index contributed by atoms with van der Waals surface area (Å²) in [4.78, 5) is 16.8. The minimum atomic E-state index is -0.371. The van der Waals surface area contributed by atoms with Crippen molar-refractivity contribution < 1.29 is 4.79 Å². The van der Waals surface area contributed by atoms with Gasteiger partial charge in [-0.25, -0.2) is 4.98 Å². The van der Waals surface area contributed by atoms with Crippen LogP contribution in [0.2, 0.25) is 0 Å². The number of aromatic nitrogens is 1. The molecule has 0 radical (unpaired) electrons. The summed E-state index contributed by atoms with van der Waals surface area (Å²) < 4.78 is 0. The number of pyridine rings is 1. The minimum Gasteiger partial charge on any atom is -0.366 e. The molecule has 1 aromatic heterocycles. The number of hydrogen-bond acceptors (Lipinski definition) is 2. The van der Waals surface area contributed by atoms with E-state index in [1.807, 2.05) is 36.4 Å². The van der Waals surface area contributed by atoms with Crippen molar-refractivity contribution in [3.63, 3.8) is 0 Å². The zero-order valence-corrected chi connectivity index (χ0v) is 11.5. The molecule has 0 bridgehead atoms. The van der Waals surface area contributed by atoms with Crippen LogP contribution >= 0.6 is 0 Å². The van der Waals surface area contributed by atoms with Crippen LogP contribution in [-0.2, 0) is 12.8 Å². The van der Waals surface area contributed by atoms with E-state index in [4.69, 9.17) is 10.7 Å². The maximum Gasteiger partial charge on any atom is 0.249 e. The molecule has 3 heteroatoms. The van der Waals surface area contributed by atoms with Crippen LogP contribution in [-0.4, -0.2) is 10.9 Å². The number of carbonyl (C=O) groups is 1. The Bertz CT molecular complexity index is 884. The lowest BCUT2D eigenvalue weighted by Crippen LogP contribution is -2.18. The quantitative estimate of drug-likeness (QED) is 0.741. The second-order valence-corrected chi connectivity index (χ2v) is 5.35. The van der Waals surface area contributed by atoms with Crippen molar-refractivity contribution in [1.82, 2.24) is 4.98 Å². The highest BCUT2D eigenvalue weighted by Gasteiger charge is 2.24. The van der Waals surface area contributed by atoms with Crippen molar-refractivity contribution in [1.29, 1.82) is 0 Å². The highest BCUT2D eigenvalue weighted by molar-refractivity contribution is 6.08. The van der Waals surface area contributed by atoms with E-state index in [2.05, 4.69) is 12.1 Å². The van der Waals surface area contributed by atoms with E-state index in [0.29, 0.717) is 5.56 Å². The number of nitrogens with two attached hydrogens (primary N) is 1. The summed E-state index contributed by atoms with van der Waals surface area (Å²) in [7, 11) is 0. The number of primary amides is 1. The van der Waals surface area contributed by atoms with Crippen molar-refractivity contribution in [2.75, 3.05) is 0 Å². The van der Waals surface area contributed by atoms with Gasteiger partial charge >= 0.3 is 0 Å². The van der Waals surface area contributed by atoms with Crippen molar-refractivity contribution in [2.24, 2.45) is 5.73 Å². The zero-order chi connectivity index (χ0) is 14.4. The van der Waals surface area contributed by atoms with Crippen LogP contribution in [0.1, 0.15) is 21.5 Å². The molecule has 3 aromatic rings. The van der Waals surface area contributed by atoms with Gasteiger partial charge in [-0.3, -0.25) is 4.79 Å². The molecule has 21 heavy (non-hydrogen) atoms. The lowest BCUT2D eigenvalue weighted by atomic mass is 9.85. The van der Waals surface area contributed by atoms with Crippen LogP contribution in [0.3, 0.4) is 0 Å². The molecule has 2 N–H and O–H groups in total. The molecule has 1 heterocycles. The third-order valence-corrected chi connectivity index (χ3v) is 4.16. The van der Waals surface area contributed by atoms with Gasteiger partial charge in [-0.15, -0.1) is 0 Å². The predicted molar refractivity (Wildman–Crippen MR) is 83.1 cm³/mol. The van der Waals surface area contributed by atoms with E-state index >= 15 is 0 Å². The van der Waals surface area contributed by atoms with Crippen molar-refractivity contribution >= 4 is 16.8 Å². The topological polar surface area (TPSA) is 56.0 Å². The van der Waals surface area contributed by atoms with Gasteiger partial charge in [0.15, 0.2) is 0 Å². The van der Waals surface area contributed by atoms with Crippen molar-refractivity contribution in [2.45, 2.75) is 12.8 Å². The first-order valence-electron chi connectivity index (χ1n) is 7.05. The Labute approximate surface area is 122 Å². The molecular formula is C18H14N2O. The standard InChI is InChI=1S/C18H14N2O/c19-18(21)16-13-7-3-4-8-15(13)20-17-12-6-2-1-5-11(12)9-10-14(16)17/h1-8H,9-10H2,(H2,19,21). The summed E-state index contributed by atoms with van der Waals surface area (Å²) in [5, 5.41) is 0.850. The van der Waals surface area contributed by atoms with Crippen LogP contribution in [0.15, 0.2) is 48.5 Å². The Morgan fingerprint density at radius 1 is 1.00 bits per heavy atom. The second-order valence-electron chi connectivity index (χ2n) is 5.35. The van der Waals surface area contributed by atoms with Gasteiger partial charge in [0.05, 0.1) is 16.8 Å². The van der Waals surface area contributed by atoms with Crippen LogP contribution in [0.25, 0.3) is 22.2 Å². The third kappa shape index (κ3) is 1.74. The van der Waals surface area contributed by atoms with Gasteiger partial charge < -0.3 is 5.73 Å². The van der Waals surface area contributed by atoms with Crippen molar-refractivity contribution in [3.05, 3.63) is 65.2 Å². The summed E-state index contributed by atoms with van der Waals surface area (Å²) in [6, 6.07) is 15.9. The first kappa shape index (κ1) is 12.1. The van der Waals surface area contributed by atoms with Crippen LogP contribution in [0, 0.1) is 0 Å². The van der Waals surface area contributed by atoms with Gasteiger partial charge in [0.1, 0.15) is 0 Å². The highest BCUT2D eigenvalue weighted by atomic mass is 16.1. The molecule has 0 fully saturated rings. The SMILES string of the molecule is NC(=O)c1c2c(nc3ccccc13)-c1ccccc1CC2. The molecule has 2 aromatic carbocycles. The second kappa shape index (κ2) is 4.42. The number of hydrogen-bond donors (Lipinski definition) is 1. The third-order valence-electron chi connectivity index (χ3n) is 4.16. The Hall–Kier alpha value is -2.68. The molecule has 102 valence electrons. The number of fused-ring (bicyclic) bond motifs is 4. The van der Waals surface area contributed by atoms with E-state index in [9.17, 15) is 4.79 Å². The van der Waals surface area contributed by atoms with Gasteiger partial charge in [-0.05, 0) is 30.0 Å². The molecule has 1 aliphatic rings. The van der Waals surface area contributed by atoms with Crippen molar-refractivity contribution in [3.8, 4) is 11.3 Å². The minimum absolute atomic E-state index is 0.371. The maximum absolute atomic E-state index is 12.0. The molecule has 0 aliphatic heterocycles. The number of para-hydroxylation sites is 1. The fourth-order valence-corrected chi connectivity index (χ4v) is 3.23. The van der Waals surface area contributed by atoms with E-state index in [1.165, 1.54) is 5.56 Å². The molecule has 0 unspecified atom stereocenters. The largest absolute Gasteiger partial charge is 0.366 e. The number of amides is 1. The number of carbonyl (C=O) groups excluding carboxylic acids is 1. The Morgan fingerprint density at radius 3 is 2.62 bits per heavy atom. The number of rotatable bonds is 1. The van der Waals surface area contributed by atoms with Gasteiger partial charge in [-0.1, -0.05) is 42.5 Å². The lowest BCUT2D eigenvalue weighted by Gasteiger charge is -2.22. The molecule has 0 spiro atoms. The van der Waals surface area contributed by atoms with Gasteiger partial charge in [0.2, 0.25) is 5.91 Å². The summed E-state index contributed by atoms with van der Waals surface area (Å²) in [6.45, 7) is 0. The summed E-state index contributed by atoms with van der Waals surface area (Å²) in [5.74, 6) is -0.371. The zero-order valence-electron chi connectivity index (χ0n) is 11.5. The molecule has 4 rings (SSSR count). The molecule has 0 saturated carbocycles. The Balaban J connectivity index is 2.15. The lowest BCUT2D eigenvalue weighted by molar-refractivity contribution is 0.100. The Kier molecular flexibility index (Phi) is 2.54. The van der Waals surface area contributed by atoms with Crippen LogP contribution < -0.4 is 5.73 Å². The molecule has 0 saturated heterocycles. The van der Waals surface area contributed by atoms with Gasteiger partial charge in [0, 0.05) is 10.9 Å². The summed E-state index contributed by atoms with van der Waals surface area (Å²) >= 11 is 0. The maximum atomic E-state index is 12.0.